The topological polar surface area (TPSA) is 54.1 Å². The van der Waals surface area contributed by atoms with Crippen molar-refractivity contribution in [2.45, 2.75) is 26.3 Å². The van der Waals surface area contributed by atoms with Gasteiger partial charge in [0.15, 0.2) is 0 Å². The van der Waals surface area contributed by atoms with Crippen LogP contribution in [0.1, 0.15) is 35.7 Å². The normalized spacial score (nSPS) is 10.2. The van der Waals surface area contributed by atoms with Crippen molar-refractivity contribution in [1.82, 2.24) is 10.3 Å². The molecule has 4 heteroatoms. The average Bonchev–Trinajstić information content (AvgIpc) is 2.99. The molecule has 0 aliphatic heterocycles. The second-order valence-electron chi connectivity index (χ2n) is 4.63. The molecule has 1 heterocycles. The quantitative estimate of drug-likeness (QED) is 0.761. The van der Waals surface area contributed by atoms with Crippen molar-refractivity contribution >= 4 is 5.91 Å². The van der Waals surface area contributed by atoms with E-state index in [1.807, 2.05) is 30.6 Å². The van der Waals surface area contributed by atoms with Crippen molar-refractivity contribution in [3.8, 4) is 5.75 Å². The summed E-state index contributed by atoms with van der Waals surface area (Å²) >= 11 is 0. The molecule has 106 valence electrons. The summed E-state index contributed by atoms with van der Waals surface area (Å²) in [6, 6.07) is 9.17. The number of aromatic nitrogens is 1. The summed E-state index contributed by atoms with van der Waals surface area (Å²) < 4.78 is 5.56. The molecule has 0 bridgehead atoms. The van der Waals surface area contributed by atoms with Crippen LogP contribution < -0.4 is 10.1 Å². The van der Waals surface area contributed by atoms with Gasteiger partial charge in [0, 0.05) is 24.5 Å². The summed E-state index contributed by atoms with van der Waals surface area (Å²) in [5.41, 5.74) is 1.70. The summed E-state index contributed by atoms with van der Waals surface area (Å²) in [6.07, 6.45) is 5.85. The highest BCUT2D eigenvalue weighted by molar-refractivity contribution is 5.94. The maximum absolute atomic E-state index is 11.9. The second kappa shape index (κ2) is 7.38. The fourth-order valence-corrected chi connectivity index (χ4v) is 1.79. The number of nitrogens with one attached hydrogen (secondary N) is 2. The van der Waals surface area contributed by atoms with E-state index in [0.717, 1.165) is 30.8 Å². The van der Waals surface area contributed by atoms with Gasteiger partial charge in [-0.05, 0) is 42.3 Å². The van der Waals surface area contributed by atoms with Crippen LogP contribution in [0.3, 0.4) is 0 Å². The van der Waals surface area contributed by atoms with E-state index in [-0.39, 0.29) is 5.91 Å². The highest BCUT2D eigenvalue weighted by Crippen LogP contribution is 2.12. The second-order valence-corrected chi connectivity index (χ2v) is 4.63. The minimum absolute atomic E-state index is 0.0775. The fourth-order valence-electron chi connectivity index (χ4n) is 1.79. The molecule has 0 radical (unpaired) electrons. The van der Waals surface area contributed by atoms with Crippen LogP contribution >= 0.6 is 0 Å². The van der Waals surface area contributed by atoms with Crippen LogP contribution in [0.15, 0.2) is 42.7 Å². The molecular weight excluding hydrogens is 252 g/mol. The molecule has 0 fully saturated rings. The molecule has 2 rings (SSSR count). The number of carbonyl (C=O) groups excluding carboxylic acids is 1. The maximum atomic E-state index is 11.9. The van der Waals surface area contributed by atoms with Crippen LogP contribution in [0.5, 0.6) is 5.75 Å². The highest BCUT2D eigenvalue weighted by atomic mass is 16.5. The minimum Gasteiger partial charge on any atom is -0.494 e. The predicted octanol–water partition coefficient (Wildman–Crippen LogP) is 3.12. The van der Waals surface area contributed by atoms with E-state index in [4.69, 9.17) is 4.74 Å². The van der Waals surface area contributed by atoms with E-state index >= 15 is 0 Å². The van der Waals surface area contributed by atoms with Gasteiger partial charge in [-0.1, -0.05) is 13.3 Å². The van der Waals surface area contributed by atoms with Crippen molar-refractivity contribution < 1.29 is 9.53 Å². The molecule has 0 aliphatic carbocycles. The number of unbranched alkanes of at least 4 members (excludes halogenated alkanes) is 1. The van der Waals surface area contributed by atoms with Crippen LogP contribution in [0.2, 0.25) is 0 Å². The van der Waals surface area contributed by atoms with Gasteiger partial charge in [-0.2, -0.15) is 0 Å². The standard InChI is InChI=1S/C16H20N2O2/c1-2-3-10-20-15-6-4-14(5-7-15)16(19)18-12-13-8-9-17-11-13/h4-9,11,17H,2-3,10,12H2,1H3,(H,18,19). The largest absolute Gasteiger partial charge is 0.494 e. The molecule has 1 amide bonds. The highest BCUT2D eigenvalue weighted by Gasteiger charge is 2.05. The first-order valence-corrected chi connectivity index (χ1v) is 6.92. The van der Waals surface area contributed by atoms with Crippen LogP contribution in [0, 0.1) is 0 Å². The molecule has 0 atom stereocenters. The van der Waals surface area contributed by atoms with Gasteiger partial charge in [-0.25, -0.2) is 0 Å². The zero-order valence-electron chi connectivity index (χ0n) is 11.7. The Morgan fingerprint density at radius 3 is 2.70 bits per heavy atom. The number of ether oxygens (including phenoxy) is 1. The average molecular weight is 272 g/mol. The number of amides is 1. The SMILES string of the molecule is CCCCOc1ccc(C(=O)NCc2cc[nH]c2)cc1. The van der Waals surface area contributed by atoms with Crippen LogP contribution in [-0.4, -0.2) is 17.5 Å². The first-order chi connectivity index (χ1) is 9.79. The number of aromatic amines is 1. The fraction of sp³-hybridized carbons (Fsp3) is 0.312. The molecule has 0 aliphatic rings. The first kappa shape index (κ1) is 14.2. The number of hydrogen-bond donors (Lipinski definition) is 2. The summed E-state index contributed by atoms with van der Waals surface area (Å²) in [4.78, 5) is 14.9. The Balaban J connectivity index is 1.84. The Hall–Kier alpha value is -2.23. The molecule has 2 N–H and O–H groups in total. The van der Waals surface area contributed by atoms with Gasteiger partial charge in [0.2, 0.25) is 0 Å². The van der Waals surface area contributed by atoms with Gasteiger partial charge in [-0.15, -0.1) is 0 Å². The molecule has 0 saturated carbocycles. The lowest BCUT2D eigenvalue weighted by molar-refractivity contribution is 0.0951. The first-order valence-electron chi connectivity index (χ1n) is 6.92. The lowest BCUT2D eigenvalue weighted by Gasteiger charge is -2.07. The van der Waals surface area contributed by atoms with E-state index < -0.39 is 0 Å². The third kappa shape index (κ3) is 4.16. The van der Waals surface area contributed by atoms with Gasteiger partial charge in [0.1, 0.15) is 5.75 Å². The Labute approximate surface area is 119 Å². The van der Waals surface area contributed by atoms with E-state index in [2.05, 4.69) is 17.2 Å². The monoisotopic (exact) mass is 272 g/mol. The Kier molecular flexibility index (Phi) is 5.24. The lowest BCUT2D eigenvalue weighted by Crippen LogP contribution is -2.22. The molecule has 0 saturated heterocycles. The molecule has 1 aromatic heterocycles. The Morgan fingerprint density at radius 2 is 2.05 bits per heavy atom. The molecule has 2 aromatic rings. The van der Waals surface area contributed by atoms with Crippen LogP contribution in [-0.2, 0) is 6.54 Å². The summed E-state index contributed by atoms with van der Waals surface area (Å²) in [5.74, 6) is 0.729. The summed E-state index contributed by atoms with van der Waals surface area (Å²) in [6.45, 7) is 3.37. The number of carbonyl (C=O) groups is 1. The molecule has 20 heavy (non-hydrogen) atoms. The van der Waals surface area contributed by atoms with Crippen molar-refractivity contribution in [2.24, 2.45) is 0 Å². The molecule has 0 unspecified atom stereocenters. The zero-order valence-corrected chi connectivity index (χ0v) is 11.7. The number of hydrogen-bond acceptors (Lipinski definition) is 2. The Morgan fingerprint density at radius 1 is 1.25 bits per heavy atom. The van der Waals surface area contributed by atoms with Crippen molar-refractivity contribution in [3.05, 3.63) is 53.9 Å². The van der Waals surface area contributed by atoms with Crippen molar-refractivity contribution in [3.63, 3.8) is 0 Å². The molecule has 0 spiro atoms. The van der Waals surface area contributed by atoms with Crippen LogP contribution in [0.4, 0.5) is 0 Å². The van der Waals surface area contributed by atoms with Gasteiger partial charge >= 0.3 is 0 Å². The van der Waals surface area contributed by atoms with Gasteiger partial charge < -0.3 is 15.0 Å². The number of benzene rings is 1. The van der Waals surface area contributed by atoms with E-state index in [9.17, 15) is 4.79 Å². The lowest BCUT2D eigenvalue weighted by atomic mass is 10.2. The summed E-state index contributed by atoms with van der Waals surface area (Å²) in [5, 5.41) is 2.87. The van der Waals surface area contributed by atoms with Crippen molar-refractivity contribution in [2.75, 3.05) is 6.61 Å². The third-order valence-corrected chi connectivity index (χ3v) is 3.00. The Bertz CT molecular complexity index is 518. The maximum Gasteiger partial charge on any atom is 0.251 e. The third-order valence-electron chi connectivity index (χ3n) is 3.00. The summed E-state index contributed by atoms with van der Waals surface area (Å²) in [7, 11) is 0. The number of rotatable bonds is 7. The number of H-pyrrole nitrogens is 1. The van der Waals surface area contributed by atoms with E-state index in [1.165, 1.54) is 0 Å². The zero-order chi connectivity index (χ0) is 14.2. The predicted molar refractivity (Wildman–Crippen MR) is 78.8 cm³/mol. The smallest absolute Gasteiger partial charge is 0.251 e. The molecule has 4 nitrogen and oxygen atoms in total. The van der Waals surface area contributed by atoms with E-state index in [1.54, 1.807) is 12.1 Å². The van der Waals surface area contributed by atoms with Crippen LogP contribution in [0.25, 0.3) is 0 Å². The van der Waals surface area contributed by atoms with Gasteiger partial charge in [0.05, 0.1) is 6.61 Å². The molecule has 1 aromatic carbocycles. The van der Waals surface area contributed by atoms with Gasteiger partial charge in [-0.3, -0.25) is 4.79 Å². The van der Waals surface area contributed by atoms with E-state index in [0.29, 0.717) is 12.1 Å². The van der Waals surface area contributed by atoms with Gasteiger partial charge in [0.25, 0.3) is 5.91 Å². The molecular formula is C16H20N2O2. The van der Waals surface area contributed by atoms with Crippen molar-refractivity contribution in [1.29, 1.82) is 0 Å². The minimum atomic E-state index is -0.0775.